The summed E-state index contributed by atoms with van der Waals surface area (Å²) >= 11 is 1.50. The number of rotatable bonds is 4. The molecule has 0 atom stereocenters. The van der Waals surface area contributed by atoms with Crippen LogP contribution in [-0.4, -0.2) is 26.2 Å². The maximum Gasteiger partial charge on any atom is 0.181 e. The van der Waals surface area contributed by atoms with Crippen molar-refractivity contribution in [2.24, 2.45) is 0 Å². The fraction of sp³-hybridized carbons (Fsp3) is 0.320. The maximum atomic E-state index is 8.91. The Morgan fingerprint density at radius 3 is 2.66 bits per heavy atom. The molecule has 0 aliphatic heterocycles. The molecule has 2 aromatic heterocycles. The molecule has 0 bridgehead atoms. The van der Waals surface area contributed by atoms with E-state index in [2.05, 4.69) is 45.4 Å². The molecule has 0 amide bonds. The first-order chi connectivity index (χ1) is 15.6. The van der Waals surface area contributed by atoms with Crippen molar-refractivity contribution in [3.05, 3.63) is 66.0 Å². The van der Waals surface area contributed by atoms with Crippen LogP contribution in [0.15, 0.2) is 54.9 Å². The molecule has 2 aromatic carbocycles. The average molecular weight is 448 g/mol. The van der Waals surface area contributed by atoms with E-state index < -0.39 is 0 Å². The van der Waals surface area contributed by atoms with Crippen LogP contribution < -0.4 is 11.1 Å². The van der Waals surface area contributed by atoms with E-state index in [4.69, 9.17) is 10.8 Å². The highest BCUT2D eigenvalue weighted by Crippen LogP contribution is 2.25. The first-order valence-electron chi connectivity index (χ1n) is 11.0. The third-order valence-corrected chi connectivity index (χ3v) is 6.31. The van der Waals surface area contributed by atoms with E-state index in [-0.39, 0.29) is 6.10 Å². The van der Waals surface area contributed by atoms with Crippen molar-refractivity contribution in [1.29, 1.82) is 0 Å². The normalized spacial score (nSPS) is 14.1. The second-order valence-electron chi connectivity index (χ2n) is 8.16. The topological polar surface area (TPSA) is 97.0 Å². The highest BCUT2D eigenvalue weighted by Gasteiger charge is 2.08. The molecule has 2 heterocycles. The van der Waals surface area contributed by atoms with Crippen LogP contribution in [0, 0.1) is 6.92 Å². The molecule has 0 unspecified atom stereocenters. The van der Waals surface area contributed by atoms with Gasteiger partial charge in [0.15, 0.2) is 5.13 Å². The molecule has 5 rings (SSSR count). The third-order valence-electron chi connectivity index (χ3n) is 5.47. The molecule has 32 heavy (non-hydrogen) atoms. The van der Waals surface area contributed by atoms with Gasteiger partial charge < -0.3 is 16.2 Å². The number of anilines is 2. The summed E-state index contributed by atoms with van der Waals surface area (Å²) in [4.78, 5) is 13.2. The second kappa shape index (κ2) is 10.5. The molecule has 0 spiro atoms. The number of hydrogen-bond acceptors (Lipinski definition) is 7. The zero-order valence-electron chi connectivity index (χ0n) is 18.3. The summed E-state index contributed by atoms with van der Waals surface area (Å²) in [5.41, 5.74) is 11.0. The first-order valence-corrected chi connectivity index (χ1v) is 11.8. The Labute approximate surface area is 192 Å². The van der Waals surface area contributed by atoms with Crippen LogP contribution in [0.4, 0.5) is 10.9 Å². The van der Waals surface area contributed by atoms with Crippen LogP contribution >= 0.6 is 11.3 Å². The molecular weight excluding hydrogens is 418 g/mol. The number of nitrogens with two attached hydrogens (primary N) is 1. The average Bonchev–Trinajstić information content (AvgIpc) is 3.18. The van der Waals surface area contributed by atoms with Crippen molar-refractivity contribution in [2.75, 3.05) is 11.1 Å². The Balaban J connectivity index is 0.000000300. The number of benzene rings is 2. The van der Waals surface area contributed by atoms with E-state index in [1.165, 1.54) is 36.2 Å². The Bertz CT molecular complexity index is 1170. The van der Waals surface area contributed by atoms with Gasteiger partial charge in [-0.3, -0.25) is 4.98 Å². The van der Waals surface area contributed by atoms with Gasteiger partial charge in [0, 0.05) is 12.1 Å². The number of nitrogens with zero attached hydrogens (tertiary/aromatic N) is 3. The molecular formula is C25H29N5OS. The van der Waals surface area contributed by atoms with E-state index in [0.29, 0.717) is 11.7 Å². The summed E-state index contributed by atoms with van der Waals surface area (Å²) in [5.74, 6) is 0.753. The van der Waals surface area contributed by atoms with Crippen LogP contribution in [0.25, 0.3) is 21.5 Å². The van der Waals surface area contributed by atoms with Crippen molar-refractivity contribution in [2.45, 2.75) is 51.7 Å². The minimum Gasteiger partial charge on any atom is -0.393 e. The van der Waals surface area contributed by atoms with Crippen molar-refractivity contribution >= 4 is 32.5 Å². The smallest absolute Gasteiger partial charge is 0.181 e. The number of fused-ring (bicyclic) bond motifs is 1. The minimum absolute atomic E-state index is 0.0359. The van der Waals surface area contributed by atoms with Gasteiger partial charge in [-0.1, -0.05) is 60.4 Å². The largest absolute Gasteiger partial charge is 0.393 e. The molecule has 6 nitrogen and oxygen atoms in total. The first kappa shape index (κ1) is 22.2. The van der Waals surface area contributed by atoms with Gasteiger partial charge in [-0.2, -0.15) is 0 Å². The second-order valence-corrected chi connectivity index (χ2v) is 9.22. The lowest BCUT2D eigenvalue weighted by molar-refractivity contribution is 0.130. The lowest BCUT2D eigenvalue weighted by Crippen LogP contribution is -2.09. The zero-order valence-corrected chi connectivity index (χ0v) is 19.1. The van der Waals surface area contributed by atoms with E-state index in [1.807, 2.05) is 24.3 Å². The van der Waals surface area contributed by atoms with Crippen molar-refractivity contribution in [1.82, 2.24) is 15.0 Å². The summed E-state index contributed by atoms with van der Waals surface area (Å²) in [7, 11) is 0. The van der Waals surface area contributed by atoms with E-state index in [0.717, 1.165) is 45.7 Å². The van der Waals surface area contributed by atoms with Crippen molar-refractivity contribution in [3.63, 3.8) is 0 Å². The quantitative estimate of drug-likeness (QED) is 0.378. The van der Waals surface area contributed by atoms with Crippen molar-refractivity contribution in [3.8, 4) is 11.3 Å². The number of aliphatic hydroxyl groups excluding tert-OH is 1. The molecule has 1 saturated carbocycles. The molecule has 166 valence electrons. The number of aromatic nitrogens is 3. The predicted octanol–water partition coefficient (Wildman–Crippen LogP) is 5.57. The minimum atomic E-state index is 0.0359. The fourth-order valence-corrected chi connectivity index (χ4v) is 4.56. The summed E-state index contributed by atoms with van der Waals surface area (Å²) in [6.07, 6.45) is 9.45. The Hall–Kier alpha value is -3.03. The maximum absolute atomic E-state index is 8.91. The number of nitrogens with one attached hydrogen (secondary N) is 1. The monoisotopic (exact) mass is 447 g/mol. The fourth-order valence-electron chi connectivity index (χ4n) is 3.77. The van der Waals surface area contributed by atoms with Crippen LogP contribution in [-0.2, 0) is 6.54 Å². The van der Waals surface area contributed by atoms with E-state index in [1.54, 1.807) is 12.4 Å². The van der Waals surface area contributed by atoms with Crippen LogP contribution in [0.5, 0.6) is 0 Å². The number of thiazole rings is 1. The predicted molar refractivity (Wildman–Crippen MR) is 133 cm³/mol. The molecule has 0 radical (unpaired) electrons. The standard InChI is InChI=1S/C19H17N5S.C6H12O/c1-12-3-2-4-14(7-12)16-10-21-11-18(23-16)22-9-13-5-6-15-17(8-13)25-19(20)24-15;7-6-4-2-1-3-5-6/h2-8,10-11H,9H2,1H3,(H2,20,24)(H,22,23);6-7H,1-5H2. The Kier molecular flexibility index (Phi) is 7.29. The van der Waals surface area contributed by atoms with Crippen LogP contribution in [0.3, 0.4) is 0 Å². The van der Waals surface area contributed by atoms with Gasteiger partial charge in [0.25, 0.3) is 0 Å². The molecule has 4 aromatic rings. The van der Waals surface area contributed by atoms with Gasteiger partial charge in [0.2, 0.25) is 0 Å². The number of aryl methyl sites for hydroxylation is 1. The summed E-state index contributed by atoms with van der Waals surface area (Å²) in [5, 5.41) is 12.8. The molecule has 1 fully saturated rings. The molecule has 1 aliphatic rings. The van der Waals surface area contributed by atoms with Gasteiger partial charge in [0.05, 0.1) is 34.4 Å². The van der Waals surface area contributed by atoms with Crippen molar-refractivity contribution < 1.29 is 5.11 Å². The number of aliphatic hydroxyl groups is 1. The highest BCUT2D eigenvalue weighted by molar-refractivity contribution is 7.22. The van der Waals surface area contributed by atoms with Crippen LogP contribution in [0.2, 0.25) is 0 Å². The summed E-state index contributed by atoms with van der Waals surface area (Å²) in [6, 6.07) is 14.4. The number of hydrogen-bond donors (Lipinski definition) is 3. The van der Waals surface area contributed by atoms with Gasteiger partial charge in [0.1, 0.15) is 5.82 Å². The lowest BCUT2D eigenvalue weighted by Gasteiger charge is -2.14. The van der Waals surface area contributed by atoms with Gasteiger partial charge in [-0.05, 0) is 43.5 Å². The van der Waals surface area contributed by atoms with Crippen LogP contribution in [0.1, 0.15) is 43.2 Å². The lowest BCUT2D eigenvalue weighted by atomic mass is 9.98. The van der Waals surface area contributed by atoms with Gasteiger partial charge in [-0.25, -0.2) is 9.97 Å². The highest BCUT2D eigenvalue weighted by atomic mass is 32.1. The molecule has 1 aliphatic carbocycles. The van der Waals surface area contributed by atoms with E-state index in [9.17, 15) is 0 Å². The Morgan fingerprint density at radius 1 is 1.06 bits per heavy atom. The zero-order chi connectivity index (χ0) is 22.3. The summed E-state index contributed by atoms with van der Waals surface area (Å²) < 4.78 is 1.09. The molecule has 0 saturated heterocycles. The Morgan fingerprint density at radius 2 is 1.91 bits per heavy atom. The summed E-state index contributed by atoms with van der Waals surface area (Å²) in [6.45, 7) is 2.74. The SMILES string of the molecule is Cc1cccc(-c2cncc(NCc3ccc4nc(N)sc4c3)n2)c1.OC1CCCCC1. The third kappa shape index (κ3) is 6.02. The molecule has 7 heteroatoms. The number of nitrogen functional groups attached to an aromatic ring is 1. The van der Waals surface area contributed by atoms with E-state index >= 15 is 0 Å². The molecule has 4 N–H and O–H groups in total. The van der Waals surface area contributed by atoms with Gasteiger partial charge in [-0.15, -0.1) is 0 Å². The van der Waals surface area contributed by atoms with Gasteiger partial charge >= 0.3 is 0 Å².